The molecule has 1 aliphatic rings. The summed E-state index contributed by atoms with van der Waals surface area (Å²) in [5.41, 5.74) is 0.000373. The summed E-state index contributed by atoms with van der Waals surface area (Å²) in [4.78, 5) is 19.2. The molecule has 0 N–H and O–H groups in total. The zero-order valence-corrected chi connectivity index (χ0v) is 13.7. The predicted octanol–water partition coefficient (Wildman–Crippen LogP) is 1.02. The van der Waals surface area contributed by atoms with Gasteiger partial charge in [-0.3, -0.25) is 4.79 Å². The molecule has 7 heteroatoms. The molecule has 0 spiro atoms. The fraction of sp³-hybridized carbons (Fsp3) is 0.688. The lowest BCUT2D eigenvalue weighted by atomic mass is 9.93. The summed E-state index contributed by atoms with van der Waals surface area (Å²) in [6, 6.07) is 1.58. The van der Waals surface area contributed by atoms with E-state index in [0.29, 0.717) is 64.1 Å². The lowest BCUT2D eigenvalue weighted by molar-refractivity contribution is -0.118. The first-order chi connectivity index (χ1) is 11.1. The van der Waals surface area contributed by atoms with Crippen molar-refractivity contribution in [3.05, 3.63) is 23.8 Å². The smallest absolute Gasteiger partial charge is 0.168 e. The Morgan fingerprint density at radius 2 is 2.17 bits per heavy atom. The molecule has 0 amide bonds. The van der Waals surface area contributed by atoms with E-state index in [-0.39, 0.29) is 11.5 Å². The molecule has 1 aromatic rings. The quantitative estimate of drug-likeness (QED) is 0.495. The van der Waals surface area contributed by atoms with Crippen molar-refractivity contribution < 1.29 is 23.7 Å². The number of ether oxygens (including phenoxy) is 4. The third kappa shape index (κ3) is 5.95. The molecular formula is C16H24N2O5. The zero-order valence-electron chi connectivity index (χ0n) is 13.7. The standard InChI is InChI=1S/C16H24N2O5/c1-16(2,15-17-4-3-13(9-19)18-15)12-22-6-5-20-10-14-11-21-7-8-23-14/h3-4,9,14H,5-8,10-12H2,1-2H3. The normalized spacial score (nSPS) is 18.8. The fourth-order valence-corrected chi connectivity index (χ4v) is 2.12. The van der Waals surface area contributed by atoms with Crippen LogP contribution in [0.5, 0.6) is 0 Å². The molecule has 1 aromatic heterocycles. The first-order valence-electron chi connectivity index (χ1n) is 7.75. The predicted molar refractivity (Wildman–Crippen MR) is 82.6 cm³/mol. The number of carbonyl (C=O) groups is 1. The molecule has 0 aromatic carbocycles. The van der Waals surface area contributed by atoms with Crippen LogP contribution in [0.3, 0.4) is 0 Å². The van der Waals surface area contributed by atoms with Crippen molar-refractivity contribution in [3.8, 4) is 0 Å². The molecule has 0 aliphatic carbocycles. The third-order valence-corrected chi connectivity index (χ3v) is 3.43. The van der Waals surface area contributed by atoms with E-state index in [1.54, 1.807) is 12.3 Å². The maximum Gasteiger partial charge on any atom is 0.168 e. The number of aldehydes is 1. The van der Waals surface area contributed by atoms with Crippen LogP contribution in [0.1, 0.15) is 30.2 Å². The molecule has 1 atom stereocenters. The highest BCUT2D eigenvalue weighted by Gasteiger charge is 2.24. The average Bonchev–Trinajstić information content (AvgIpc) is 2.59. The maximum atomic E-state index is 10.8. The number of hydrogen-bond acceptors (Lipinski definition) is 7. The summed E-state index contributed by atoms with van der Waals surface area (Å²) in [5, 5.41) is 0. The molecule has 7 nitrogen and oxygen atoms in total. The molecule has 0 bridgehead atoms. The summed E-state index contributed by atoms with van der Waals surface area (Å²) >= 11 is 0. The van der Waals surface area contributed by atoms with Crippen LogP contribution in [0.15, 0.2) is 12.3 Å². The van der Waals surface area contributed by atoms with Gasteiger partial charge in [0.25, 0.3) is 0 Å². The van der Waals surface area contributed by atoms with Crippen molar-refractivity contribution in [3.63, 3.8) is 0 Å². The Labute approximate surface area is 136 Å². The molecule has 0 radical (unpaired) electrons. The lowest BCUT2D eigenvalue weighted by Gasteiger charge is -2.24. The van der Waals surface area contributed by atoms with Gasteiger partial charge in [0.1, 0.15) is 17.6 Å². The minimum Gasteiger partial charge on any atom is -0.378 e. The van der Waals surface area contributed by atoms with E-state index in [1.807, 2.05) is 13.8 Å². The number of aromatic nitrogens is 2. The molecule has 0 saturated carbocycles. The van der Waals surface area contributed by atoms with Gasteiger partial charge in [0, 0.05) is 11.6 Å². The second-order valence-electron chi connectivity index (χ2n) is 6.00. The maximum absolute atomic E-state index is 10.8. The first-order valence-corrected chi connectivity index (χ1v) is 7.75. The van der Waals surface area contributed by atoms with Gasteiger partial charge in [0.05, 0.1) is 46.2 Å². The Morgan fingerprint density at radius 3 is 2.91 bits per heavy atom. The van der Waals surface area contributed by atoms with Crippen LogP contribution in [-0.4, -0.2) is 68.6 Å². The Morgan fingerprint density at radius 1 is 1.35 bits per heavy atom. The Hall–Kier alpha value is -1.41. The first kappa shape index (κ1) is 17.9. The van der Waals surface area contributed by atoms with Gasteiger partial charge >= 0.3 is 0 Å². The van der Waals surface area contributed by atoms with Crippen molar-refractivity contribution in [1.82, 2.24) is 9.97 Å². The second-order valence-corrected chi connectivity index (χ2v) is 6.00. The summed E-state index contributed by atoms with van der Waals surface area (Å²) in [6.45, 7) is 7.74. The van der Waals surface area contributed by atoms with Crippen LogP contribution in [0.25, 0.3) is 0 Å². The third-order valence-electron chi connectivity index (χ3n) is 3.43. The Bertz CT molecular complexity index is 489. The van der Waals surface area contributed by atoms with Crippen molar-refractivity contribution in [2.45, 2.75) is 25.4 Å². The molecule has 23 heavy (non-hydrogen) atoms. The number of hydrogen-bond donors (Lipinski definition) is 0. The monoisotopic (exact) mass is 324 g/mol. The van der Waals surface area contributed by atoms with E-state index in [4.69, 9.17) is 18.9 Å². The van der Waals surface area contributed by atoms with Gasteiger partial charge in [-0.2, -0.15) is 0 Å². The van der Waals surface area contributed by atoms with Gasteiger partial charge in [-0.15, -0.1) is 0 Å². The summed E-state index contributed by atoms with van der Waals surface area (Å²) in [7, 11) is 0. The van der Waals surface area contributed by atoms with Gasteiger partial charge in [0.15, 0.2) is 6.29 Å². The second kappa shape index (κ2) is 9.02. The molecule has 1 unspecified atom stereocenters. The largest absolute Gasteiger partial charge is 0.378 e. The topological polar surface area (TPSA) is 79.8 Å². The summed E-state index contributed by atoms with van der Waals surface area (Å²) < 4.78 is 22.0. The van der Waals surface area contributed by atoms with E-state index in [1.165, 1.54) is 0 Å². The minimum atomic E-state index is -0.376. The van der Waals surface area contributed by atoms with E-state index in [2.05, 4.69) is 9.97 Å². The van der Waals surface area contributed by atoms with Crippen molar-refractivity contribution in [2.75, 3.05) is 46.2 Å². The van der Waals surface area contributed by atoms with Crippen molar-refractivity contribution >= 4 is 6.29 Å². The van der Waals surface area contributed by atoms with Gasteiger partial charge in [-0.1, -0.05) is 13.8 Å². The summed E-state index contributed by atoms with van der Waals surface area (Å²) in [6.07, 6.45) is 2.32. The molecular weight excluding hydrogens is 300 g/mol. The highest BCUT2D eigenvalue weighted by atomic mass is 16.6. The summed E-state index contributed by atoms with van der Waals surface area (Å²) in [5.74, 6) is 0.593. The van der Waals surface area contributed by atoms with Gasteiger partial charge in [-0.25, -0.2) is 9.97 Å². The van der Waals surface area contributed by atoms with E-state index < -0.39 is 0 Å². The lowest BCUT2D eigenvalue weighted by Crippen LogP contribution is -2.33. The van der Waals surface area contributed by atoms with Crippen LogP contribution < -0.4 is 0 Å². The van der Waals surface area contributed by atoms with Crippen LogP contribution >= 0.6 is 0 Å². The van der Waals surface area contributed by atoms with Crippen LogP contribution in [0.2, 0.25) is 0 Å². The van der Waals surface area contributed by atoms with Crippen LogP contribution in [0.4, 0.5) is 0 Å². The SMILES string of the molecule is CC(C)(COCCOCC1COCCO1)c1nccc(C=O)n1. The molecule has 1 fully saturated rings. The highest BCUT2D eigenvalue weighted by Crippen LogP contribution is 2.19. The van der Waals surface area contributed by atoms with Crippen LogP contribution in [0, 0.1) is 0 Å². The van der Waals surface area contributed by atoms with Crippen molar-refractivity contribution in [1.29, 1.82) is 0 Å². The zero-order chi connectivity index (χ0) is 16.5. The Kier molecular flexibility index (Phi) is 7.04. The van der Waals surface area contributed by atoms with Crippen LogP contribution in [-0.2, 0) is 24.4 Å². The van der Waals surface area contributed by atoms with Crippen molar-refractivity contribution in [2.24, 2.45) is 0 Å². The highest BCUT2D eigenvalue weighted by molar-refractivity contribution is 5.71. The van der Waals surface area contributed by atoms with E-state index in [9.17, 15) is 4.79 Å². The van der Waals surface area contributed by atoms with Gasteiger partial charge in [-0.05, 0) is 6.07 Å². The number of nitrogens with zero attached hydrogens (tertiary/aromatic N) is 2. The molecule has 2 heterocycles. The Balaban J connectivity index is 1.65. The fourth-order valence-electron chi connectivity index (χ4n) is 2.12. The molecule has 1 saturated heterocycles. The molecule has 128 valence electrons. The molecule has 1 aliphatic heterocycles. The number of rotatable bonds is 9. The number of carbonyl (C=O) groups excluding carboxylic acids is 1. The van der Waals surface area contributed by atoms with E-state index >= 15 is 0 Å². The van der Waals surface area contributed by atoms with E-state index in [0.717, 1.165) is 0 Å². The van der Waals surface area contributed by atoms with Gasteiger partial charge < -0.3 is 18.9 Å². The van der Waals surface area contributed by atoms with Gasteiger partial charge in [0.2, 0.25) is 0 Å². The molecule has 2 rings (SSSR count). The minimum absolute atomic E-state index is 0.0136. The average molecular weight is 324 g/mol.